The molecule has 54 valence electrons. The maximum Gasteiger partial charge on any atom is 0.223 e. The van der Waals surface area contributed by atoms with Crippen LogP contribution >= 0.6 is 11.6 Å². The molecule has 0 spiro atoms. The molecule has 0 amide bonds. The van der Waals surface area contributed by atoms with Gasteiger partial charge in [-0.25, -0.2) is 4.21 Å². The van der Waals surface area contributed by atoms with E-state index >= 15 is 0 Å². The van der Waals surface area contributed by atoms with E-state index < -0.39 is 16.6 Å². The Morgan fingerprint density at radius 3 is 2.67 bits per heavy atom. The Hall–Kier alpha value is 0.0300. The summed E-state index contributed by atoms with van der Waals surface area (Å²) >= 11 is 2.30. The molecule has 0 N–H and O–H groups in total. The monoisotopic (exact) mass is 171 g/mol. The lowest BCUT2D eigenvalue weighted by Gasteiger charge is -2.01. The lowest BCUT2D eigenvalue weighted by atomic mass is 10.5. The molecule has 0 aliphatic rings. The van der Waals surface area contributed by atoms with Crippen LogP contribution in [0.15, 0.2) is 0 Å². The topological polar surface area (TPSA) is 66.4 Å². The van der Waals surface area contributed by atoms with Crippen LogP contribution in [0.25, 0.3) is 0 Å². The van der Waals surface area contributed by atoms with Crippen molar-refractivity contribution in [2.75, 3.05) is 6.61 Å². The fourth-order valence-electron chi connectivity index (χ4n) is 0.190. The van der Waals surface area contributed by atoms with E-state index in [4.69, 9.17) is 11.6 Å². The first-order valence-electron chi connectivity index (χ1n) is 2.04. The summed E-state index contributed by atoms with van der Waals surface area (Å²) in [7, 11) is 0. The van der Waals surface area contributed by atoms with Crippen molar-refractivity contribution in [3.05, 3.63) is 0 Å². The minimum Gasteiger partial charge on any atom is -0.750 e. The highest BCUT2D eigenvalue weighted by molar-refractivity contribution is 7.74. The number of carbonyl (C=O) groups is 1. The zero-order valence-corrected chi connectivity index (χ0v) is 5.91. The third kappa shape index (κ3) is 8.03. The molecule has 0 rings (SSSR count). The summed E-state index contributed by atoms with van der Waals surface area (Å²) in [5, 5.41) is -0.611. The molecule has 0 aromatic heterocycles. The molecular weight excluding hydrogens is 168 g/mol. The van der Waals surface area contributed by atoms with Crippen LogP contribution in [0.3, 0.4) is 0 Å². The van der Waals surface area contributed by atoms with E-state index in [1.807, 2.05) is 0 Å². The van der Waals surface area contributed by atoms with Gasteiger partial charge in [-0.15, -0.1) is 0 Å². The highest BCUT2D eigenvalue weighted by atomic mass is 35.5. The van der Waals surface area contributed by atoms with Crippen LogP contribution < -0.4 is 0 Å². The summed E-state index contributed by atoms with van der Waals surface area (Å²) in [6.07, 6.45) is -0.0878. The number of hydrogen-bond donors (Lipinski definition) is 0. The van der Waals surface area contributed by atoms with Crippen molar-refractivity contribution in [3.63, 3.8) is 0 Å². The second-order valence-corrected chi connectivity index (χ2v) is 2.20. The molecule has 0 heterocycles. The maximum absolute atomic E-state index is 9.91. The molecule has 6 heteroatoms. The van der Waals surface area contributed by atoms with Gasteiger partial charge in [0, 0.05) is 6.42 Å². The van der Waals surface area contributed by atoms with Crippen LogP contribution in [-0.2, 0) is 20.3 Å². The number of carbonyl (C=O) groups excluding carboxylic acids is 1. The molecule has 0 aliphatic heterocycles. The number of rotatable bonds is 4. The summed E-state index contributed by atoms with van der Waals surface area (Å²) in [5.74, 6) is 0. The number of hydrogen-bond acceptors (Lipinski definition) is 4. The van der Waals surface area contributed by atoms with Crippen LogP contribution in [0.1, 0.15) is 6.42 Å². The molecule has 4 nitrogen and oxygen atoms in total. The average Bonchev–Trinajstić information content (AvgIpc) is 1.63. The van der Waals surface area contributed by atoms with Crippen molar-refractivity contribution < 1.29 is 17.7 Å². The molecule has 0 saturated heterocycles. The van der Waals surface area contributed by atoms with Gasteiger partial charge in [-0.3, -0.25) is 4.79 Å². The van der Waals surface area contributed by atoms with E-state index in [9.17, 15) is 13.6 Å². The van der Waals surface area contributed by atoms with Gasteiger partial charge in [0.15, 0.2) is 0 Å². The molecule has 0 aliphatic carbocycles. The normalized spacial score (nSPS) is 13.1. The number of halogens is 1. The van der Waals surface area contributed by atoms with Crippen molar-refractivity contribution in [2.24, 2.45) is 0 Å². The smallest absolute Gasteiger partial charge is 0.223 e. The second-order valence-electron chi connectivity index (χ2n) is 1.13. The fourth-order valence-corrected chi connectivity index (χ4v) is 0.487. The molecule has 0 saturated carbocycles. The van der Waals surface area contributed by atoms with Crippen molar-refractivity contribution in [1.29, 1.82) is 0 Å². The fraction of sp³-hybridized carbons (Fsp3) is 0.667. The van der Waals surface area contributed by atoms with Gasteiger partial charge in [0.1, 0.15) is 0 Å². The van der Waals surface area contributed by atoms with Gasteiger partial charge < -0.3 is 8.74 Å². The van der Waals surface area contributed by atoms with Crippen molar-refractivity contribution in [1.82, 2.24) is 0 Å². The Morgan fingerprint density at radius 1 is 1.78 bits per heavy atom. The maximum atomic E-state index is 9.91. The lowest BCUT2D eigenvalue weighted by Crippen LogP contribution is -2.00. The lowest BCUT2D eigenvalue weighted by molar-refractivity contribution is -0.112. The summed E-state index contributed by atoms with van der Waals surface area (Å²) in [6.45, 7) is -0.182. The van der Waals surface area contributed by atoms with Gasteiger partial charge >= 0.3 is 0 Å². The van der Waals surface area contributed by atoms with Crippen molar-refractivity contribution in [3.8, 4) is 0 Å². The van der Waals surface area contributed by atoms with Gasteiger partial charge in [0.2, 0.25) is 5.24 Å². The molecular formula is C3H4ClO4S-. The standard InChI is InChI=1S/C3H5ClO4S/c4-3(5)1-2-8-9(6)7/h1-2H2,(H,6,7)/p-1. The van der Waals surface area contributed by atoms with Crippen LogP contribution in [0.2, 0.25) is 0 Å². The molecule has 1 unspecified atom stereocenters. The van der Waals surface area contributed by atoms with E-state index in [1.54, 1.807) is 0 Å². The van der Waals surface area contributed by atoms with E-state index in [0.29, 0.717) is 0 Å². The van der Waals surface area contributed by atoms with Crippen LogP contribution in [0, 0.1) is 0 Å². The largest absolute Gasteiger partial charge is 0.750 e. The minimum atomic E-state index is -2.54. The molecule has 0 radical (unpaired) electrons. The summed E-state index contributed by atoms with van der Waals surface area (Å²) in [5.41, 5.74) is 0. The Bertz CT molecular complexity index is 111. The van der Waals surface area contributed by atoms with E-state index in [0.717, 1.165) is 0 Å². The Morgan fingerprint density at radius 2 is 2.33 bits per heavy atom. The zero-order valence-electron chi connectivity index (χ0n) is 4.33. The van der Waals surface area contributed by atoms with Gasteiger partial charge in [-0.2, -0.15) is 0 Å². The van der Waals surface area contributed by atoms with Crippen LogP contribution in [0.4, 0.5) is 0 Å². The Kier molecular flexibility index (Phi) is 4.88. The first-order chi connectivity index (χ1) is 4.13. The summed E-state index contributed by atoms with van der Waals surface area (Å²) < 4.78 is 23.2. The first-order valence-corrected chi connectivity index (χ1v) is 3.41. The highest BCUT2D eigenvalue weighted by Gasteiger charge is 1.94. The molecule has 0 aromatic rings. The van der Waals surface area contributed by atoms with E-state index in [-0.39, 0.29) is 13.0 Å². The molecule has 0 bridgehead atoms. The highest BCUT2D eigenvalue weighted by Crippen LogP contribution is 1.89. The summed E-state index contributed by atoms with van der Waals surface area (Å²) in [6, 6.07) is 0. The summed E-state index contributed by atoms with van der Waals surface area (Å²) in [4.78, 5) is 9.91. The zero-order chi connectivity index (χ0) is 7.28. The second kappa shape index (κ2) is 4.87. The molecule has 0 fully saturated rings. The quantitative estimate of drug-likeness (QED) is 0.440. The SMILES string of the molecule is O=C(Cl)CCOS(=O)[O-]. The third-order valence-corrected chi connectivity index (χ3v) is 1.03. The van der Waals surface area contributed by atoms with Crippen molar-refractivity contribution >= 4 is 28.2 Å². The molecule has 9 heavy (non-hydrogen) atoms. The molecule has 0 aromatic carbocycles. The predicted molar refractivity (Wildman–Crippen MR) is 30.3 cm³/mol. The van der Waals surface area contributed by atoms with Crippen LogP contribution in [-0.4, -0.2) is 20.6 Å². The third-order valence-electron chi connectivity index (χ3n) is 0.478. The Labute approximate surface area is 59.6 Å². The van der Waals surface area contributed by atoms with Gasteiger partial charge in [-0.05, 0) is 11.6 Å². The van der Waals surface area contributed by atoms with E-state index in [2.05, 4.69) is 4.18 Å². The van der Waals surface area contributed by atoms with Gasteiger partial charge in [0.25, 0.3) is 0 Å². The molecule has 1 atom stereocenters. The minimum absolute atomic E-state index is 0.0878. The van der Waals surface area contributed by atoms with Crippen LogP contribution in [0.5, 0.6) is 0 Å². The van der Waals surface area contributed by atoms with Gasteiger partial charge in [-0.1, -0.05) is 0 Å². The predicted octanol–water partition coefficient (Wildman–Crippen LogP) is -0.0474. The van der Waals surface area contributed by atoms with Gasteiger partial charge in [0.05, 0.1) is 18.0 Å². The Balaban J connectivity index is 3.10. The first kappa shape index (κ1) is 9.03. The van der Waals surface area contributed by atoms with E-state index in [1.165, 1.54) is 0 Å². The van der Waals surface area contributed by atoms with Crippen molar-refractivity contribution in [2.45, 2.75) is 6.42 Å². The average molecular weight is 172 g/mol.